The molecule has 1 aliphatic rings. The van der Waals surface area contributed by atoms with E-state index in [2.05, 4.69) is 0 Å². The highest BCUT2D eigenvalue weighted by Gasteiger charge is 2.33. The Kier molecular flexibility index (Phi) is 5.03. The van der Waals surface area contributed by atoms with Crippen LogP contribution < -0.4 is 4.90 Å². The van der Waals surface area contributed by atoms with Crippen LogP contribution in [0, 0.1) is 5.92 Å². The molecule has 0 N–H and O–H groups in total. The first kappa shape index (κ1) is 17.4. The fourth-order valence-corrected chi connectivity index (χ4v) is 3.27. The average Bonchev–Trinajstić information content (AvgIpc) is 2.76. The molecule has 0 bridgehead atoms. The van der Waals surface area contributed by atoms with Gasteiger partial charge < -0.3 is 9.64 Å². The molecule has 1 fully saturated rings. The molecule has 1 saturated heterocycles. The van der Waals surface area contributed by atoms with Gasteiger partial charge >= 0.3 is 16.2 Å². The van der Waals surface area contributed by atoms with Gasteiger partial charge in [-0.2, -0.15) is 8.42 Å². The van der Waals surface area contributed by atoms with Gasteiger partial charge in [0.2, 0.25) is 5.91 Å². The molecule has 126 valence electrons. The van der Waals surface area contributed by atoms with Crippen molar-refractivity contribution < 1.29 is 26.6 Å². The highest BCUT2D eigenvalue weighted by atomic mass is 32.3. The van der Waals surface area contributed by atoms with Gasteiger partial charge in [-0.1, -0.05) is 0 Å². The van der Waals surface area contributed by atoms with Crippen molar-refractivity contribution >= 4 is 27.8 Å². The molecule has 1 aromatic carbocycles. The van der Waals surface area contributed by atoms with Gasteiger partial charge in [0.05, 0.1) is 17.4 Å². The highest BCUT2D eigenvalue weighted by molar-refractivity contribution is 7.86. The summed E-state index contributed by atoms with van der Waals surface area (Å²) in [5.74, 6) is -1.95. The van der Waals surface area contributed by atoms with E-state index < -0.39 is 27.9 Å². The van der Waals surface area contributed by atoms with Gasteiger partial charge in [0.25, 0.3) is 0 Å². The van der Waals surface area contributed by atoms with Gasteiger partial charge in [-0.25, -0.2) is 4.79 Å². The number of carbonyl (C=O) groups excluding carboxylic acids is 2. The van der Waals surface area contributed by atoms with Crippen molar-refractivity contribution in [3.8, 4) is 0 Å². The van der Waals surface area contributed by atoms with E-state index in [0.717, 1.165) is 0 Å². The second-order valence-corrected chi connectivity index (χ2v) is 7.19. The van der Waals surface area contributed by atoms with Crippen molar-refractivity contribution in [2.24, 2.45) is 5.92 Å². The number of carbonyl (C=O) groups is 2. The molecule has 0 radical (unpaired) electrons. The molecule has 6 nitrogen and oxygen atoms in total. The number of anilines is 1. The number of rotatable bonds is 5. The fraction of sp³-hybridized carbons (Fsp3) is 0.467. The van der Waals surface area contributed by atoms with Crippen LogP contribution in [-0.4, -0.2) is 38.7 Å². The first-order valence-corrected chi connectivity index (χ1v) is 8.74. The van der Waals surface area contributed by atoms with Crippen molar-refractivity contribution in [3.05, 3.63) is 29.8 Å². The summed E-state index contributed by atoms with van der Waals surface area (Å²) < 4.78 is 39.2. The second-order valence-electron chi connectivity index (χ2n) is 5.78. The van der Waals surface area contributed by atoms with Gasteiger partial charge in [-0.05, 0) is 38.1 Å². The van der Waals surface area contributed by atoms with Crippen LogP contribution in [0.1, 0.15) is 30.6 Å². The van der Waals surface area contributed by atoms with Crippen molar-refractivity contribution in [3.63, 3.8) is 0 Å². The lowest BCUT2D eigenvalue weighted by Gasteiger charge is -2.17. The van der Waals surface area contributed by atoms with Crippen LogP contribution in [0.15, 0.2) is 24.3 Å². The van der Waals surface area contributed by atoms with Crippen LogP contribution >= 0.6 is 0 Å². The number of amides is 1. The van der Waals surface area contributed by atoms with Crippen LogP contribution in [0.5, 0.6) is 0 Å². The normalized spacial score (nSPS) is 18.5. The van der Waals surface area contributed by atoms with Gasteiger partial charge in [-0.15, -0.1) is 3.89 Å². The van der Waals surface area contributed by atoms with E-state index >= 15 is 0 Å². The molecule has 0 aliphatic carbocycles. The van der Waals surface area contributed by atoms with Crippen LogP contribution in [-0.2, 0) is 19.8 Å². The Labute approximate surface area is 134 Å². The summed E-state index contributed by atoms with van der Waals surface area (Å²) in [7, 11) is -4.61. The first-order valence-electron chi connectivity index (χ1n) is 7.19. The van der Waals surface area contributed by atoms with E-state index in [1.165, 1.54) is 17.0 Å². The molecule has 2 rings (SSSR count). The maximum atomic E-state index is 12.7. The Hall–Kier alpha value is -1.96. The summed E-state index contributed by atoms with van der Waals surface area (Å²) in [5.41, 5.74) is 0.895. The second kappa shape index (κ2) is 6.66. The van der Waals surface area contributed by atoms with Crippen molar-refractivity contribution in [1.29, 1.82) is 0 Å². The van der Waals surface area contributed by atoms with E-state index in [0.29, 0.717) is 11.3 Å². The molecule has 23 heavy (non-hydrogen) atoms. The third-order valence-electron chi connectivity index (χ3n) is 3.40. The minimum atomic E-state index is -4.61. The molecule has 0 saturated carbocycles. The molecular formula is C15H18FNO5S. The summed E-state index contributed by atoms with van der Waals surface area (Å²) in [6.07, 6.45) is -0.244. The van der Waals surface area contributed by atoms with Crippen LogP contribution in [0.4, 0.5) is 9.57 Å². The Morgan fingerprint density at radius 2 is 1.96 bits per heavy atom. The number of halogens is 1. The fourth-order valence-electron chi connectivity index (χ4n) is 2.48. The topological polar surface area (TPSA) is 80.8 Å². The third-order valence-corrected chi connectivity index (χ3v) is 4.27. The van der Waals surface area contributed by atoms with Gasteiger partial charge in [-0.3, -0.25) is 4.79 Å². The largest absolute Gasteiger partial charge is 0.459 e. The van der Waals surface area contributed by atoms with E-state index in [1.807, 2.05) is 0 Å². The van der Waals surface area contributed by atoms with Gasteiger partial charge in [0, 0.05) is 24.6 Å². The van der Waals surface area contributed by atoms with Crippen molar-refractivity contribution in [1.82, 2.24) is 0 Å². The number of benzene rings is 1. The predicted octanol–water partition coefficient (Wildman–Crippen LogP) is 1.90. The molecule has 1 amide bonds. The van der Waals surface area contributed by atoms with Crippen LogP contribution in [0.2, 0.25) is 0 Å². The molecule has 1 heterocycles. The Morgan fingerprint density at radius 1 is 1.35 bits per heavy atom. The van der Waals surface area contributed by atoms with E-state index in [1.54, 1.807) is 26.0 Å². The molecule has 1 unspecified atom stereocenters. The standard InChI is InChI=1S/C15H18FNO5S/c1-10(2)22-15(19)12-3-5-13(6-4-12)17-8-11(7-14(17)18)9-23(16,20)21/h3-6,10-11H,7-9H2,1-2H3. The molecule has 1 aromatic rings. The minimum Gasteiger partial charge on any atom is -0.459 e. The summed E-state index contributed by atoms with van der Waals surface area (Å²) in [5, 5.41) is 0. The maximum Gasteiger partial charge on any atom is 0.338 e. The predicted molar refractivity (Wildman–Crippen MR) is 82.3 cm³/mol. The zero-order valence-electron chi connectivity index (χ0n) is 12.9. The summed E-state index contributed by atoms with van der Waals surface area (Å²) in [6, 6.07) is 6.24. The number of hydrogen-bond acceptors (Lipinski definition) is 5. The number of nitrogens with zero attached hydrogens (tertiary/aromatic N) is 1. The molecule has 0 spiro atoms. The lowest BCUT2D eigenvalue weighted by molar-refractivity contribution is -0.117. The van der Waals surface area contributed by atoms with Gasteiger partial charge in [0.1, 0.15) is 0 Å². The molecule has 0 aromatic heterocycles. The smallest absolute Gasteiger partial charge is 0.338 e. The lowest BCUT2D eigenvalue weighted by atomic mass is 10.1. The molecule has 8 heteroatoms. The number of ether oxygens (including phenoxy) is 1. The highest BCUT2D eigenvalue weighted by Crippen LogP contribution is 2.26. The Balaban J connectivity index is 2.08. The van der Waals surface area contributed by atoms with E-state index in [9.17, 15) is 21.9 Å². The zero-order chi connectivity index (χ0) is 17.2. The van der Waals surface area contributed by atoms with Crippen LogP contribution in [0.3, 0.4) is 0 Å². The van der Waals surface area contributed by atoms with Crippen molar-refractivity contribution in [2.75, 3.05) is 17.2 Å². The molecule has 1 aliphatic heterocycles. The quantitative estimate of drug-likeness (QED) is 0.602. The molecular weight excluding hydrogens is 325 g/mol. The monoisotopic (exact) mass is 343 g/mol. The summed E-state index contributed by atoms with van der Waals surface area (Å²) in [4.78, 5) is 25.1. The summed E-state index contributed by atoms with van der Waals surface area (Å²) in [6.45, 7) is 3.63. The van der Waals surface area contributed by atoms with Crippen LogP contribution in [0.25, 0.3) is 0 Å². The Morgan fingerprint density at radius 3 is 2.48 bits per heavy atom. The van der Waals surface area contributed by atoms with E-state index in [4.69, 9.17) is 4.74 Å². The SMILES string of the molecule is CC(C)OC(=O)c1ccc(N2CC(CS(=O)(=O)F)CC2=O)cc1. The maximum absolute atomic E-state index is 12.7. The lowest BCUT2D eigenvalue weighted by Crippen LogP contribution is -2.25. The number of esters is 1. The van der Waals surface area contributed by atoms with E-state index in [-0.39, 0.29) is 25.0 Å². The van der Waals surface area contributed by atoms with Gasteiger partial charge in [0.15, 0.2) is 0 Å². The Bertz CT molecular complexity index is 699. The number of hydrogen-bond donors (Lipinski definition) is 0. The molecule has 1 atom stereocenters. The zero-order valence-corrected chi connectivity index (χ0v) is 13.7. The minimum absolute atomic E-state index is 0.0136. The first-order chi connectivity index (χ1) is 10.7. The summed E-state index contributed by atoms with van der Waals surface area (Å²) >= 11 is 0. The van der Waals surface area contributed by atoms with Crippen molar-refractivity contribution in [2.45, 2.75) is 26.4 Å². The third kappa shape index (κ3) is 4.75. The average molecular weight is 343 g/mol.